The highest BCUT2D eigenvalue weighted by Crippen LogP contribution is 2.31. The predicted molar refractivity (Wildman–Crippen MR) is 80.9 cm³/mol. The minimum atomic E-state index is 0.248. The molecule has 0 aromatic rings. The fourth-order valence-electron chi connectivity index (χ4n) is 1.63. The second kappa shape index (κ2) is 7.34. The third-order valence-corrected chi connectivity index (χ3v) is 3.32. The molecule has 0 bridgehead atoms. The van der Waals surface area contributed by atoms with E-state index in [0.717, 1.165) is 30.8 Å². The lowest BCUT2D eigenvalue weighted by atomic mass is 9.83. The summed E-state index contributed by atoms with van der Waals surface area (Å²) in [7, 11) is 0. The van der Waals surface area contributed by atoms with Gasteiger partial charge in [0, 0.05) is 0 Å². The first-order valence-electron chi connectivity index (χ1n) is 6.90. The molecule has 0 saturated carbocycles. The van der Waals surface area contributed by atoms with Crippen LogP contribution in [0.1, 0.15) is 33.6 Å². The summed E-state index contributed by atoms with van der Waals surface area (Å²) in [6.45, 7) is 16.0. The Kier molecular flexibility index (Phi) is 6.10. The van der Waals surface area contributed by atoms with Crippen LogP contribution in [0.25, 0.3) is 0 Å². The van der Waals surface area contributed by atoms with Crippen LogP contribution < -0.4 is 0 Å². The molecule has 1 heterocycles. The molecule has 1 atom stereocenters. The molecule has 1 fully saturated rings. The second-order valence-corrected chi connectivity index (χ2v) is 5.72. The van der Waals surface area contributed by atoms with Crippen molar-refractivity contribution in [1.29, 1.82) is 0 Å². The lowest BCUT2D eigenvalue weighted by molar-refractivity contribution is 0.184. The minimum Gasteiger partial charge on any atom is -0.491 e. The molecule has 1 aliphatic heterocycles. The first-order chi connectivity index (χ1) is 8.98. The normalized spacial score (nSPS) is 19.5. The van der Waals surface area contributed by atoms with Crippen molar-refractivity contribution >= 4 is 0 Å². The Balaban J connectivity index is 2.64. The molecule has 1 unspecified atom stereocenters. The van der Waals surface area contributed by atoms with Crippen molar-refractivity contribution < 1.29 is 9.47 Å². The van der Waals surface area contributed by atoms with Gasteiger partial charge in [0.2, 0.25) is 0 Å². The number of epoxide rings is 1. The second-order valence-electron chi connectivity index (χ2n) is 5.72. The van der Waals surface area contributed by atoms with Gasteiger partial charge < -0.3 is 9.47 Å². The van der Waals surface area contributed by atoms with Crippen LogP contribution in [-0.2, 0) is 9.47 Å². The molecule has 0 aliphatic carbocycles. The zero-order valence-corrected chi connectivity index (χ0v) is 12.4. The molecular weight excluding hydrogens is 236 g/mol. The molecule has 0 N–H and O–H groups in total. The molecule has 19 heavy (non-hydrogen) atoms. The predicted octanol–water partition coefficient (Wildman–Crippen LogP) is 4.41. The highest BCUT2D eigenvalue weighted by Gasteiger charge is 2.24. The smallest absolute Gasteiger partial charge is 0.122 e. The summed E-state index contributed by atoms with van der Waals surface area (Å²) in [5.74, 6) is 0.857. The number of rotatable bonds is 9. The average Bonchev–Trinajstić information content (AvgIpc) is 3.17. The van der Waals surface area contributed by atoms with Crippen LogP contribution >= 0.6 is 0 Å². The maximum absolute atomic E-state index is 5.82. The van der Waals surface area contributed by atoms with Crippen LogP contribution in [0.5, 0.6) is 0 Å². The van der Waals surface area contributed by atoms with Crippen LogP contribution in [0.3, 0.4) is 0 Å². The zero-order valence-electron chi connectivity index (χ0n) is 12.4. The Morgan fingerprint density at radius 1 is 1.42 bits per heavy atom. The third kappa shape index (κ3) is 6.44. The summed E-state index contributed by atoms with van der Waals surface area (Å²) in [5.41, 5.74) is 1.29. The summed E-state index contributed by atoms with van der Waals surface area (Å²) >= 11 is 0. The topological polar surface area (TPSA) is 21.8 Å². The van der Waals surface area contributed by atoms with Gasteiger partial charge in [-0.2, -0.15) is 0 Å². The SMILES string of the molecule is C=C/C=C\C=C(\OCC1CO1)C(=C)CC(C)(C)CC. The van der Waals surface area contributed by atoms with E-state index < -0.39 is 0 Å². The van der Waals surface area contributed by atoms with E-state index >= 15 is 0 Å². The number of hydrogen-bond acceptors (Lipinski definition) is 2. The average molecular weight is 262 g/mol. The Labute approximate surface area is 117 Å². The lowest BCUT2D eigenvalue weighted by Gasteiger charge is -2.24. The number of hydrogen-bond donors (Lipinski definition) is 0. The van der Waals surface area contributed by atoms with Crippen molar-refractivity contribution in [2.75, 3.05) is 13.2 Å². The summed E-state index contributed by atoms with van der Waals surface area (Å²) in [4.78, 5) is 0. The van der Waals surface area contributed by atoms with Crippen LogP contribution in [0.2, 0.25) is 0 Å². The molecule has 2 heteroatoms. The monoisotopic (exact) mass is 262 g/mol. The maximum Gasteiger partial charge on any atom is 0.122 e. The van der Waals surface area contributed by atoms with E-state index in [1.54, 1.807) is 6.08 Å². The van der Waals surface area contributed by atoms with Gasteiger partial charge in [-0.05, 0) is 23.5 Å². The molecule has 1 rings (SSSR count). The summed E-state index contributed by atoms with van der Waals surface area (Å²) in [6.07, 6.45) is 9.83. The van der Waals surface area contributed by atoms with Gasteiger partial charge in [0.15, 0.2) is 0 Å². The van der Waals surface area contributed by atoms with E-state index in [9.17, 15) is 0 Å². The first kappa shape index (κ1) is 15.8. The minimum absolute atomic E-state index is 0.248. The fraction of sp³-hybridized carbons (Fsp3) is 0.529. The van der Waals surface area contributed by atoms with Crippen LogP contribution in [-0.4, -0.2) is 19.3 Å². The first-order valence-corrected chi connectivity index (χ1v) is 6.90. The van der Waals surface area contributed by atoms with Crippen molar-refractivity contribution in [2.45, 2.75) is 39.7 Å². The van der Waals surface area contributed by atoms with Gasteiger partial charge in [0.1, 0.15) is 18.5 Å². The Morgan fingerprint density at radius 3 is 2.63 bits per heavy atom. The van der Waals surface area contributed by atoms with E-state index in [1.165, 1.54) is 0 Å². The van der Waals surface area contributed by atoms with E-state index in [0.29, 0.717) is 6.61 Å². The third-order valence-electron chi connectivity index (χ3n) is 3.32. The molecule has 106 valence electrons. The van der Waals surface area contributed by atoms with Crippen LogP contribution in [0.15, 0.2) is 48.8 Å². The van der Waals surface area contributed by atoms with Gasteiger partial charge in [-0.15, -0.1) is 0 Å². The zero-order chi connectivity index (χ0) is 14.3. The molecule has 2 nitrogen and oxygen atoms in total. The Morgan fingerprint density at radius 2 is 2.11 bits per heavy atom. The van der Waals surface area contributed by atoms with Crippen LogP contribution in [0, 0.1) is 5.41 Å². The van der Waals surface area contributed by atoms with Crippen molar-refractivity contribution in [3.05, 3.63) is 48.8 Å². The maximum atomic E-state index is 5.82. The molecule has 1 aliphatic rings. The quantitative estimate of drug-likeness (QED) is 0.349. The Hall–Kier alpha value is -1.28. The van der Waals surface area contributed by atoms with E-state index in [2.05, 4.69) is 33.9 Å². The summed E-state index contributed by atoms with van der Waals surface area (Å²) in [5, 5.41) is 0. The number of allylic oxidation sites excluding steroid dienone is 5. The van der Waals surface area contributed by atoms with Crippen molar-refractivity contribution in [3.63, 3.8) is 0 Å². The fourth-order valence-corrected chi connectivity index (χ4v) is 1.63. The highest BCUT2D eigenvalue weighted by atomic mass is 16.6. The molecule has 0 aromatic carbocycles. The van der Waals surface area contributed by atoms with E-state index in [-0.39, 0.29) is 11.5 Å². The van der Waals surface area contributed by atoms with Crippen LogP contribution in [0.4, 0.5) is 0 Å². The summed E-state index contributed by atoms with van der Waals surface area (Å²) < 4.78 is 11.0. The van der Waals surface area contributed by atoms with E-state index in [1.807, 2.05) is 18.2 Å². The largest absolute Gasteiger partial charge is 0.491 e. The molecule has 0 spiro atoms. The standard InChI is InChI=1S/C17H26O2/c1-6-8-9-10-16(19-13-15-12-18-15)14(3)11-17(4,5)7-2/h6,8-10,15H,1,3,7,11-13H2,2,4-5H3/b9-8-,16-10+. The van der Waals surface area contributed by atoms with Gasteiger partial charge >= 0.3 is 0 Å². The van der Waals surface area contributed by atoms with Crippen molar-refractivity contribution in [2.24, 2.45) is 5.41 Å². The number of ether oxygens (including phenoxy) is 2. The van der Waals surface area contributed by atoms with Gasteiger partial charge in [0.05, 0.1) is 6.61 Å². The Bertz CT molecular complexity index is 371. The van der Waals surface area contributed by atoms with Gasteiger partial charge in [0.25, 0.3) is 0 Å². The molecule has 0 aromatic heterocycles. The summed E-state index contributed by atoms with van der Waals surface area (Å²) in [6, 6.07) is 0. The molecule has 0 radical (unpaired) electrons. The van der Waals surface area contributed by atoms with Gasteiger partial charge in [-0.3, -0.25) is 0 Å². The van der Waals surface area contributed by atoms with Gasteiger partial charge in [-0.1, -0.05) is 58.6 Å². The van der Waals surface area contributed by atoms with Gasteiger partial charge in [-0.25, -0.2) is 0 Å². The highest BCUT2D eigenvalue weighted by molar-refractivity contribution is 5.28. The van der Waals surface area contributed by atoms with Crippen molar-refractivity contribution in [3.8, 4) is 0 Å². The van der Waals surface area contributed by atoms with E-state index in [4.69, 9.17) is 9.47 Å². The molecular formula is C17H26O2. The molecule has 1 saturated heterocycles. The lowest BCUT2D eigenvalue weighted by Crippen LogP contribution is -2.13. The van der Waals surface area contributed by atoms with Crippen molar-refractivity contribution in [1.82, 2.24) is 0 Å². The molecule has 0 amide bonds.